The van der Waals surface area contributed by atoms with Gasteiger partial charge < -0.3 is 15.4 Å². The number of ether oxygens (including phenoxy) is 1. The molecule has 1 saturated heterocycles. The minimum atomic E-state index is 0.0262. The van der Waals surface area contributed by atoms with Crippen LogP contribution in [-0.2, 0) is 9.53 Å². The molecule has 0 bridgehead atoms. The summed E-state index contributed by atoms with van der Waals surface area (Å²) in [6.07, 6.45) is 7.24. The van der Waals surface area contributed by atoms with Crippen LogP contribution >= 0.6 is 0 Å². The molecule has 2 N–H and O–H groups in total. The van der Waals surface area contributed by atoms with Crippen molar-refractivity contribution >= 4 is 17.5 Å². The highest BCUT2D eigenvalue weighted by Crippen LogP contribution is 2.27. The number of methoxy groups -OCH3 is 1. The van der Waals surface area contributed by atoms with Crippen LogP contribution in [0.25, 0.3) is 0 Å². The largest absolute Gasteiger partial charge is 0.383 e. The van der Waals surface area contributed by atoms with E-state index in [1.807, 2.05) is 32.2 Å². The van der Waals surface area contributed by atoms with E-state index in [-0.39, 0.29) is 11.9 Å². The Morgan fingerprint density at radius 3 is 2.86 bits per heavy atom. The molecule has 1 fully saturated rings. The molecule has 8 nitrogen and oxygen atoms in total. The zero-order chi connectivity index (χ0) is 20.6. The average molecular weight is 399 g/mol. The Hall–Kier alpha value is -2.58. The number of pyridine rings is 1. The first-order valence-electron chi connectivity index (χ1n) is 10.1. The summed E-state index contributed by atoms with van der Waals surface area (Å²) >= 11 is 0. The Kier molecular flexibility index (Phi) is 7.48. The van der Waals surface area contributed by atoms with Crippen LogP contribution in [0.2, 0.25) is 0 Å². The van der Waals surface area contributed by atoms with Gasteiger partial charge in [-0.05, 0) is 51.4 Å². The van der Waals surface area contributed by atoms with Gasteiger partial charge in [-0.2, -0.15) is 0 Å². The topological polar surface area (TPSA) is 92.3 Å². The van der Waals surface area contributed by atoms with Crippen molar-refractivity contribution in [3.63, 3.8) is 0 Å². The Bertz CT molecular complexity index is 807. The van der Waals surface area contributed by atoms with E-state index in [1.165, 1.54) is 0 Å². The molecule has 0 aliphatic carbocycles. The van der Waals surface area contributed by atoms with Gasteiger partial charge in [-0.25, -0.2) is 9.97 Å². The van der Waals surface area contributed by atoms with Crippen LogP contribution in [0, 0.1) is 6.92 Å². The van der Waals surface area contributed by atoms with Crippen LogP contribution in [0.5, 0.6) is 0 Å². The molecule has 0 radical (unpaired) electrons. The van der Waals surface area contributed by atoms with Gasteiger partial charge in [0.2, 0.25) is 5.91 Å². The lowest BCUT2D eigenvalue weighted by Crippen LogP contribution is -2.44. The van der Waals surface area contributed by atoms with Crippen molar-refractivity contribution < 1.29 is 9.53 Å². The normalized spacial score (nSPS) is 16.4. The number of rotatable bonds is 8. The molecule has 1 aliphatic heterocycles. The molecule has 156 valence electrons. The zero-order valence-corrected chi connectivity index (χ0v) is 17.4. The van der Waals surface area contributed by atoms with Gasteiger partial charge in [0.15, 0.2) is 0 Å². The zero-order valence-electron chi connectivity index (χ0n) is 17.4. The maximum atomic E-state index is 12.1. The second-order valence-corrected chi connectivity index (χ2v) is 7.60. The third-order valence-corrected chi connectivity index (χ3v) is 5.11. The molecule has 29 heavy (non-hydrogen) atoms. The number of piperidine rings is 1. The summed E-state index contributed by atoms with van der Waals surface area (Å²) in [5.74, 6) is 1.89. The Labute approximate surface area is 172 Å². The summed E-state index contributed by atoms with van der Waals surface area (Å²) < 4.78 is 5.06. The highest BCUT2D eigenvalue weighted by atomic mass is 16.5. The summed E-state index contributed by atoms with van der Waals surface area (Å²) in [6, 6.07) is 3.95. The number of likely N-dealkylation sites (tertiary alicyclic amines) is 1. The summed E-state index contributed by atoms with van der Waals surface area (Å²) in [6.45, 7) is 6.64. The number of aryl methyl sites for hydroxylation is 1. The maximum absolute atomic E-state index is 12.1. The smallest absolute Gasteiger partial charge is 0.234 e. The number of nitrogens with one attached hydrogen (secondary N) is 2. The van der Waals surface area contributed by atoms with E-state index in [0.717, 1.165) is 43.0 Å². The number of nitrogens with zero attached hydrogens (tertiary/aromatic N) is 4. The van der Waals surface area contributed by atoms with E-state index in [2.05, 4.69) is 25.5 Å². The minimum absolute atomic E-state index is 0.0262. The van der Waals surface area contributed by atoms with Gasteiger partial charge in [0.1, 0.15) is 11.6 Å². The van der Waals surface area contributed by atoms with Gasteiger partial charge in [-0.1, -0.05) is 6.07 Å². The Morgan fingerprint density at radius 2 is 2.14 bits per heavy atom. The minimum Gasteiger partial charge on any atom is -0.383 e. The fourth-order valence-electron chi connectivity index (χ4n) is 3.58. The SMILES string of the molecule is COCC(C)NC(=O)CN1CCC(c2cncc(Nc3ncccc3C)n2)CC1. The van der Waals surface area contributed by atoms with Gasteiger partial charge in [0, 0.05) is 31.5 Å². The molecular formula is C21H30N6O2. The lowest BCUT2D eigenvalue weighted by atomic mass is 9.94. The van der Waals surface area contributed by atoms with Crippen molar-refractivity contribution in [2.45, 2.75) is 38.6 Å². The van der Waals surface area contributed by atoms with E-state index in [1.54, 1.807) is 19.5 Å². The molecule has 2 aromatic rings. The molecule has 8 heteroatoms. The van der Waals surface area contributed by atoms with Gasteiger partial charge in [0.25, 0.3) is 0 Å². The van der Waals surface area contributed by atoms with Crippen LogP contribution in [0.3, 0.4) is 0 Å². The molecule has 1 atom stereocenters. The molecule has 3 rings (SSSR count). The third kappa shape index (κ3) is 6.20. The van der Waals surface area contributed by atoms with Crippen molar-refractivity contribution in [2.75, 3.05) is 38.7 Å². The quantitative estimate of drug-likeness (QED) is 0.704. The Morgan fingerprint density at radius 1 is 1.34 bits per heavy atom. The van der Waals surface area contributed by atoms with Gasteiger partial charge in [0.05, 0.1) is 25.0 Å². The number of carbonyl (C=O) groups is 1. The molecule has 1 unspecified atom stereocenters. The summed E-state index contributed by atoms with van der Waals surface area (Å²) in [4.78, 5) is 27.8. The van der Waals surface area contributed by atoms with Crippen LogP contribution < -0.4 is 10.6 Å². The van der Waals surface area contributed by atoms with Crippen LogP contribution in [0.1, 0.15) is 36.9 Å². The molecular weight excluding hydrogens is 368 g/mol. The van der Waals surface area contributed by atoms with E-state index in [0.29, 0.717) is 24.9 Å². The number of hydrogen-bond donors (Lipinski definition) is 2. The summed E-state index contributed by atoms with van der Waals surface area (Å²) in [5, 5.41) is 6.22. The number of hydrogen-bond acceptors (Lipinski definition) is 7. The van der Waals surface area contributed by atoms with Crippen LogP contribution in [0.4, 0.5) is 11.6 Å². The lowest BCUT2D eigenvalue weighted by molar-refractivity contribution is -0.123. The second kappa shape index (κ2) is 10.3. The van der Waals surface area contributed by atoms with Gasteiger partial charge >= 0.3 is 0 Å². The number of aromatic nitrogens is 3. The van der Waals surface area contributed by atoms with Crippen molar-refractivity contribution in [3.8, 4) is 0 Å². The van der Waals surface area contributed by atoms with Gasteiger partial charge in [-0.15, -0.1) is 0 Å². The first-order valence-corrected chi connectivity index (χ1v) is 10.1. The van der Waals surface area contributed by atoms with Crippen LogP contribution in [-0.4, -0.2) is 65.2 Å². The second-order valence-electron chi connectivity index (χ2n) is 7.60. The van der Waals surface area contributed by atoms with E-state index in [4.69, 9.17) is 9.72 Å². The average Bonchev–Trinajstić information content (AvgIpc) is 2.70. The van der Waals surface area contributed by atoms with Crippen molar-refractivity contribution in [1.82, 2.24) is 25.2 Å². The number of carbonyl (C=O) groups excluding carboxylic acids is 1. The predicted molar refractivity (Wildman–Crippen MR) is 112 cm³/mol. The molecule has 0 spiro atoms. The highest BCUT2D eigenvalue weighted by Gasteiger charge is 2.23. The maximum Gasteiger partial charge on any atom is 0.234 e. The number of anilines is 2. The molecule has 0 saturated carbocycles. The highest BCUT2D eigenvalue weighted by molar-refractivity contribution is 5.78. The number of amides is 1. The molecule has 3 heterocycles. The first kappa shape index (κ1) is 21.1. The molecule has 0 aromatic carbocycles. The van der Waals surface area contributed by atoms with Crippen molar-refractivity contribution in [3.05, 3.63) is 42.0 Å². The van der Waals surface area contributed by atoms with E-state index in [9.17, 15) is 4.79 Å². The Balaban J connectivity index is 1.52. The fourth-order valence-corrected chi connectivity index (χ4v) is 3.58. The summed E-state index contributed by atoms with van der Waals surface area (Å²) in [5.41, 5.74) is 2.05. The molecule has 1 amide bonds. The van der Waals surface area contributed by atoms with Crippen molar-refractivity contribution in [2.24, 2.45) is 0 Å². The molecule has 1 aliphatic rings. The monoisotopic (exact) mass is 398 g/mol. The summed E-state index contributed by atoms with van der Waals surface area (Å²) in [7, 11) is 1.64. The fraction of sp³-hybridized carbons (Fsp3) is 0.524. The third-order valence-electron chi connectivity index (χ3n) is 5.11. The lowest BCUT2D eigenvalue weighted by Gasteiger charge is -2.31. The van der Waals surface area contributed by atoms with Crippen LogP contribution in [0.15, 0.2) is 30.7 Å². The van der Waals surface area contributed by atoms with E-state index >= 15 is 0 Å². The van der Waals surface area contributed by atoms with Gasteiger partial charge in [-0.3, -0.25) is 14.7 Å². The van der Waals surface area contributed by atoms with Crippen molar-refractivity contribution in [1.29, 1.82) is 0 Å². The first-order chi connectivity index (χ1) is 14.0. The predicted octanol–water partition coefficient (Wildman–Crippen LogP) is 2.25. The van der Waals surface area contributed by atoms with E-state index < -0.39 is 0 Å². The molecule has 2 aromatic heterocycles. The standard InChI is InChI=1S/C21H30N6O2/c1-15-5-4-8-23-21(15)26-19-12-22-11-18(25-19)17-6-9-27(10-7-17)13-20(28)24-16(2)14-29-3/h4-5,8,11-12,16-17H,6-7,9-10,13-14H2,1-3H3,(H,24,28)(H,23,25,26).